The molecule has 0 unspecified atom stereocenters. The van der Waals surface area contributed by atoms with Gasteiger partial charge in [-0.05, 0) is 25.5 Å². The number of carbonyl (C=O) groups excluding carboxylic acids is 1. The molecule has 0 saturated heterocycles. The normalized spacial score (nSPS) is 16.7. The summed E-state index contributed by atoms with van der Waals surface area (Å²) in [5.41, 5.74) is 0.235. The zero-order valence-corrected chi connectivity index (χ0v) is 9.74. The van der Waals surface area contributed by atoms with Gasteiger partial charge >= 0.3 is 0 Å². The Labute approximate surface area is 98.9 Å². The van der Waals surface area contributed by atoms with Gasteiger partial charge in [-0.15, -0.1) is 0 Å². The molecule has 15 heavy (non-hydrogen) atoms. The maximum atomic E-state index is 11.5. The number of nitrogens with one attached hydrogen (secondary N) is 1. The molecule has 5 heteroatoms. The second kappa shape index (κ2) is 5.33. The standard InChI is InChI=1S/C10H12Cl2N2O/c1-6(11)9(10(12)13-2)14-8(15)5-7-3-4-7/h7H,1-5H2,(H,14,15). The van der Waals surface area contributed by atoms with Gasteiger partial charge in [-0.2, -0.15) is 0 Å². The lowest BCUT2D eigenvalue weighted by atomic mass is 10.2. The third-order valence-corrected chi connectivity index (χ3v) is 2.55. The van der Waals surface area contributed by atoms with Crippen LogP contribution < -0.4 is 5.32 Å². The summed E-state index contributed by atoms with van der Waals surface area (Å²) < 4.78 is 0. The van der Waals surface area contributed by atoms with E-state index in [4.69, 9.17) is 23.2 Å². The molecular weight excluding hydrogens is 235 g/mol. The largest absolute Gasteiger partial charge is 0.322 e. The number of hydrogen-bond donors (Lipinski definition) is 1. The Hall–Kier alpha value is -0.800. The quantitative estimate of drug-likeness (QED) is 0.453. The first-order chi connectivity index (χ1) is 7.04. The number of allylic oxidation sites excluding steroid dienone is 1. The van der Waals surface area contributed by atoms with Gasteiger partial charge in [0.15, 0.2) is 5.16 Å². The summed E-state index contributed by atoms with van der Waals surface area (Å²) in [6, 6.07) is 0. The lowest BCUT2D eigenvalue weighted by molar-refractivity contribution is -0.120. The van der Waals surface area contributed by atoms with Crippen molar-refractivity contribution in [3.05, 3.63) is 22.5 Å². The zero-order valence-electron chi connectivity index (χ0n) is 8.22. The summed E-state index contributed by atoms with van der Waals surface area (Å²) in [6.07, 6.45) is 2.72. The molecule has 1 aliphatic carbocycles. The predicted molar refractivity (Wildman–Crippen MR) is 62.9 cm³/mol. The summed E-state index contributed by atoms with van der Waals surface area (Å²) in [5.74, 6) is 0.390. The topological polar surface area (TPSA) is 41.5 Å². The summed E-state index contributed by atoms with van der Waals surface area (Å²) in [7, 11) is 0. The van der Waals surface area contributed by atoms with Gasteiger partial charge < -0.3 is 5.32 Å². The molecule has 0 atom stereocenters. The van der Waals surface area contributed by atoms with Crippen LogP contribution in [0, 0.1) is 5.92 Å². The third kappa shape index (κ3) is 4.06. The molecule has 0 aromatic rings. The molecule has 0 aliphatic heterocycles. The molecule has 1 rings (SSSR count). The first-order valence-corrected chi connectivity index (χ1v) is 5.31. The van der Waals surface area contributed by atoms with Gasteiger partial charge in [0.25, 0.3) is 0 Å². The van der Waals surface area contributed by atoms with Crippen LogP contribution in [-0.4, -0.2) is 12.6 Å². The molecule has 1 fully saturated rings. The molecule has 0 aromatic heterocycles. The van der Waals surface area contributed by atoms with Crippen LogP contribution in [0.5, 0.6) is 0 Å². The first-order valence-electron chi connectivity index (χ1n) is 4.55. The van der Waals surface area contributed by atoms with E-state index in [0.717, 1.165) is 12.8 Å². The Morgan fingerprint density at radius 2 is 2.07 bits per heavy atom. The van der Waals surface area contributed by atoms with E-state index in [-0.39, 0.29) is 21.8 Å². The Morgan fingerprint density at radius 3 is 2.47 bits per heavy atom. The molecule has 1 aliphatic rings. The zero-order chi connectivity index (χ0) is 11.4. The van der Waals surface area contributed by atoms with Crippen LogP contribution in [0.1, 0.15) is 19.3 Å². The van der Waals surface area contributed by atoms with Crippen molar-refractivity contribution in [1.29, 1.82) is 0 Å². The highest BCUT2D eigenvalue weighted by atomic mass is 35.5. The third-order valence-electron chi connectivity index (χ3n) is 2.05. The number of nitrogens with zero attached hydrogens (tertiary/aromatic N) is 1. The monoisotopic (exact) mass is 246 g/mol. The maximum Gasteiger partial charge on any atom is 0.224 e. The Morgan fingerprint density at radius 1 is 1.47 bits per heavy atom. The van der Waals surface area contributed by atoms with Gasteiger partial charge in [0.2, 0.25) is 5.91 Å². The van der Waals surface area contributed by atoms with Crippen molar-refractivity contribution in [3.63, 3.8) is 0 Å². The fourth-order valence-electron chi connectivity index (χ4n) is 1.08. The van der Waals surface area contributed by atoms with E-state index >= 15 is 0 Å². The summed E-state index contributed by atoms with van der Waals surface area (Å²) in [5, 5.41) is 2.79. The summed E-state index contributed by atoms with van der Waals surface area (Å²) in [6.45, 7) is 6.75. The van der Waals surface area contributed by atoms with Crippen LogP contribution in [0.2, 0.25) is 0 Å². The molecule has 0 aromatic carbocycles. The average molecular weight is 247 g/mol. The van der Waals surface area contributed by atoms with Crippen molar-refractivity contribution >= 4 is 35.8 Å². The number of aliphatic imine (C=N–C) groups is 1. The van der Waals surface area contributed by atoms with E-state index in [2.05, 4.69) is 23.6 Å². The van der Waals surface area contributed by atoms with Crippen LogP contribution in [0.15, 0.2) is 27.5 Å². The van der Waals surface area contributed by atoms with Crippen LogP contribution in [0.4, 0.5) is 0 Å². The molecule has 0 radical (unpaired) electrons. The van der Waals surface area contributed by atoms with E-state index in [1.807, 2.05) is 0 Å². The second-order valence-corrected chi connectivity index (χ2v) is 4.24. The average Bonchev–Trinajstić information content (AvgIpc) is 2.96. The highest BCUT2D eigenvalue weighted by molar-refractivity contribution is 6.35. The fourth-order valence-corrected chi connectivity index (χ4v) is 1.43. The van der Waals surface area contributed by atoms with Gasteiger partial charge in [-0.1, -0.05) is 29.8 Å². The van der Waals surface area contributed by atoms with Gasteiger partial charge in [0, 0.05) is 6.42 Å². The van der Waals surface area contributed by atoms with Crippen molar-refractivity contribution in [1.82, 2.24) is 5.32 Å². The van der Waals surface area contributed by atoms with Gasteiger partial charge in [0.1, 0.15) is 0 Å². The Bertz CT molecular complexity index is 332. The van der Waals surface area contributed by atoms with Crippen molar-refractivity contribution in [2.45, 2.75) is 19.3 Å². The highest BCUT2D eigenvalue weighted by Crippen LogP contribution is 2.32. The molecule has 0 spiro atoms. The van der Waals surface area contributed by atoms with Gasteiger partial charge in [0.05, 0.1) is 10.7 Å². The minimum Gasteiger partial charge on any atom is -0.322 e. The van der Waals surface area contributed by atoms with Crippen molar-refractivity contribution in [2.75, 3.05) is 0 Å². The smallest absolute Gasteiger partial charge is 0.224 e. The van der Waals surface area contributed by atoms with E-state index in [1.165, 1.54) is 0 Å². The lowest BCUT2D eigenvalue weighted by Crippen LogP contribution is -2.23. The van der Waals surface area contributed by atoms with E-state index < -0.39 is 0 Å². The number of rotatable bonds is 5. The molecule has 1 saturated carbocycles. The van der Waals surface area contributed by atoms with Crippen LogP contribution in [0.25, 0.3) is 0 Å². The molecule has 1 N–H and O–H groups in total. The number of halogens is 2. The number of carbonyl (C=O) groups is 1. The SMILES string of the molecule is C=NC(Cl)=C(NC(=O)CC1CC1)C(=C)Cl. The van der Waals surface area contributed by atoms with Crippen molar-refractivity contribution in [2.24, 2.45) is 10.9 Å². The minimum absolute atomic E-state index is 0.0548. The minimum atomic E-state index is -0.115. The van der Waals surface area contributed by atoms with Crippen molar-refractivity contribution in [3.8, 4) is 0 Å². The maximum absolute atomic E-state index is 11.5. The van der Waals surface area contributed by atoms with Crippen LogP contribution in [-0.2, 0) is 4.79 Å². The fraction of sp³-hybridized carbons (Fsp3) is 0.400. The van der Waals surface area contributed by atoms with Crippen LogP contribution in [0.3, 0.4) is 0 Å². The van der Waals surface area contributed by atoms with E-state index in [1.54, 1.807) is 0 Å². The Kier molecular flexibility index (Phi) is 4.36. The van der Waals surface area contributed by atoms with Gasteiger partial charge in [-0.25, -0.2) is 0 Å². The molecule has 3 nitrogen and oxygen atoms in total. The van der Waals surface area contributed by atoms with Crippen molar-refractivity contribution < 1.29 is 4.79 Å². The molecule has 0 bridgehead atoms. The molecule has 1 amide bonds. The number of hydrogen-bond acceptors (Lipinski definition) is 2. The molecular formula is C10H12Cl2N2O. The van der Waals surface area contributed by atoms with Crippen LogP contribution >= 0.6 is 23.2 Å². The first kappa shape index (κ1) is 12.3. The lowest BCUT2D eigenvalue weighted by Gasteiger charge is -2.08. The van der Waals surface area contributed by atoms with E-state index in [0.29, 0.717) is 12.3 Å². The molecule has 82 valence electrons. The second-order valence-electron chi connectivity index (χ2n) is 3.42. The van der Waals surface area contributed by atoms with Gasteiger partial charge in [-0.3, -0.25) is 9.79 Å². The predicted octanol–water partition coefficient (Wildman–Crippen LogP) is 2.76. The number of amides is 1. The molecule has 0 heterocycles. The van der Waals surface area contributed by atoms with E-state index in [9.17, 15) is 4.79 Å². The summed E-state index contributed by atoms with van der Waals surface area (Å²) >= 11 is 11.4. The Balaban J connectivity index is 2.61. The highest BCUT2D eigenvalue weighted by Gasteiger charge is 2.25. The summed E-state index contributed by atoms with van der Waals surface area (Å²) in [4.78, 5) is 15.0.